The first-order valence-corrected chi connectivity index (χ1v) is 12.7. The first-order chi connectivity index (χ1) is 19.0. The van der Waals surface area contributed by atoms with Gasteiger partial charge in [-0.15, -0.1) is 0 Å². The summed E-state index contributed by atoms with van der Waals surface area (Å²) in [5, 5.41) is 3.10. The summed E-state index contributed by atoms with van der Waals surface area (Å²) in [5.41, 5.74) is -0.736. The first kappa shape index (κ1) is 29.5. The highest BCUT2D eigenvalue weighted by Gasteiger charge is 2.37. The number of nitrogens with zero attached hydrogens (tertiary/aromatic N) is 2. The fraction of sp³-hybridized carbons (Fsp3) is 0.379. The number of piperazine rings is 1. The minimum Gasteiger partial charge on any atom is -0.497 e. The van der Waals surface area contributed by atoms with Gasteiger partial charge in [0.2, 0.25) is 0 Å². The van der Waals surface area contributed by atoms with Crippen LogP contribution in [0, 0.1) is 0 Å². The molecule has 1 aliphatic rings. The van der Waals surface area contributed by atoms with Crippen LogP contribution in [-0.2, 0) is 18.9 Å². The van der Waals surface area contributed by atoms with E-state index in [4.69, 9.17) is 9.47 Å². The summed E-state index contributed by atoms with van der Waals surface area (Å²) in [6.45, 7) is 3.02. The van der Waals surface area contributed by atoms with Gasteiger partial charge >= 0.3 is 12.4 Å². The molecule has 1 atom stereocenters. The van der Waals surface area contributed by atoms with Crippen molar-refractivity contribution in [2.24, 2.45) is 0 Å². The van der Waals surface area contributed by atoms with Crippen LogP contribution in [0.3, 0.4) is 0 Å². The van der Waals surface area contributed by atoms with Gasteiger partial charge in [0.25, 0.3) is 0 Å². The lowest BCUT2D eigenvalue weighted by atomic mass is 10.0. The molecule has 0 saturated carbocycles. The second kappa shape index (κ2) is 12.4. The van der Waals surface area contributed by atoms with Crippen LogP contribution in [0.1, 0.15) is 28.3 Å². The van der Waals surface area contributed by atoms with E-state index in [1.165, 1.54) is 0 Å². The summed E-state index contributed by atoms with van der Waals surface area (Å²) < 4.78 is 90.4. The quantitative estimate of drug-likeness (QED) is 0.303. The zero-order valence-electron chi connectivity index (χ0n) is 22.1. The Bertz CT molecular complexity index is 1200. The molecule has 3 aromatic rings. The second-order valence-corrected chi connectivity index (χ2v) is 9.57. The number of nitrogens with one attached hydrogen (secondary N) is 1. The molecule has 0 aliphatic carbocycles. The highest BCUT2D eigenvalue weighted by molar-refractivity contribution is 5.56. The molecule has 1 unspecified atom stereocenters. The molecule has 5 nitrogen and oxygen atoms in total. The molecular formula is C29H31F6N3O2. The van der Waals surface area contributed by atoms with Gasteiger partial charge in [0.1, 0.15) is 11.5 Å². The van der Waals surface area contributed by atoms with Crippen molar-refractivity contribution in [3.63, 3.8) is 0 Å². The number of hydrogen-bond donors (Lipinski definition) is 1. The Morgan fingerprint density at radius 1 is 0.750 bits per heavy atom. The van der Waals surface area contributed by atoms with Gasteiger partial charge in [-0.25, -0.2) is 0 Å². The number of ether oxygens (including phenoxy) is 2. The molecule has 1 saturated heterocycles. The maximum Gasteiger partial charge on any atom is 0.416 e. The molecule has 4 rings (SSSR count). The normalized spacial score (nSPS) is 15.7. The van der Waals surface area contributed by atoms with E-state index in [0.717, 1.165) is 23.4 Å². The average Bonchev–Trinajstić information content (AvgIpc) is 2.94. The molecule has 1 N–H and O–H groups in total. The van der Waals surface area contributed by atoms with Crippen LogP contribution in [0.15, 0.2) is 66.7 Å². The minimum absolute atomic E-state index is 0.0780. The Kier molecular flexibility index (Phi) is 9.15. The van der Waals surface area contributed by atoms with Gasteiger partial charge in [0.15, 0.2) is 0 Å². The second-order valence-electron chi connectivity index (χ2n) is 9.57. The van der Waals surface area contributed by atoms with Crippen LogP contribution in [-0.4, -0.2) is 51.8 Å². The topological polar surface area (TPSA) is 37.0 Å². The number of anilines is 1. The summed E-state index contributed by atoms with van der Waals surface area (Å²) in [4.78, 5) is 4.49. The van der Waals surface area contributed by atoms with E-state index < -0.39 is 23.5 Å². The molecule has 0 spiro atoms. The summed E-state index contributed by atoms with van der Waals surface area (Å²) in [5.74, 6) is 1.37. The zero-order valence-corrected chi connectivity index (χ0v) is 22.1. The van der Waals surface area contributed by atoms with Gasteiger partial charge in [-0.3, -0.25) is 4.90 Å². The molecule has 0 aromatic heterocycles. The zero-order chi connectivity index (χ0) is 28.9. The number of benzene rings is 3. The molecule has 216 valence electrons. The third-order valence-electron chi connectivity index (χ3n) is 6.95. The summed E-state index contributed by atoms with van der Waals surface area (Å²) in [6.07, 6.45) is -9.76. The van der Waals surface area contributed by atoms with Gasteiger partial charge < -0.3 is 19.7 Å². The van der Waals surface area contributed by atoms with Gasteiger partial charge in [0, 0.05) is 69.2 Å². The number of methoxy groups -OCH3 is 2. The third-order valence-corrected chi connectivity index (χ3v) is 6.95. The Hall–Kier alpha value is -3.44. The maximum atomic E-state index is 13.3. The smallest absolute Gasteiger partial charge is 0.416 e. The monoisotopic (exact) mass is 567 g/mol. The van der Waals surface area contributed by atoms with Crippen LogP contribution >= 0.6 is 0 Å². The lowest BCUT2D eigenvalue weighted by Gasteiger charge is -2.40. The predicted molar refractivity (Wildman–Crippen MR) is 141 cm³/mol. The van der Waals surface area contributed by atoms with Gasteiger partial charge in [-0.05, 0) is 29.3 Å². The molecular weight excluding hydrogens is 536 g/mol. The number of alkyl halides is 6. The van der Waals surface area contributed by atoms with Crippen LogP contribution in [0.5, 0.6) is 11.5 Å². The van der Waals surface area contributed by atoms with Crippen LogP contribution in [0.2, 0.25) is 0 Å². The Morgan fingerprint density at radius 2 is 1.30 bits per heavy atom. The van der Waals surface area contributed by atoms with E-state index >= 15 is 0 Å². The minimum atomic E-state index is -4.88. The van der Waals surface area contributed by atoms with Crippen molar-refractivity contribution in [2.75, 3.05) is 51.8 Å². The SMILES string of the molecule is COc1cc(OC)cc(N2CCN(C(CNCc3cc(C(F)(F)F)cc(C(F)(F)F)c3)c3ccccc3)CC2)c1. The fourth-order valence-corrected chi connectivity index (χ4v) is 4.87. The van der Waals surface area contributed by atoms with Crippen LogP contribution < -0.4 is 19.7 Å². The molecule has 11 heteroatoms. The molecule has 1 aliphatic heterocycles. The van der Waals surface area contributed by atoms with Crippen molar-refractivity contribution in [2.45, 2.75) is 24.9 Å². The standard InChI is InChI=1S/C29H31F6N3O2/c1-39-25-15-24(16-26(17-25)40-2)37-8-10-38(11-9-37)27(21-6-4-3-5-7-21)19-36-18-20-12-22(28(30,31)32)14-23(13-20)29(33,34)35/h3-7,12-17,27,36H,8-11,18-19H2,1-2H3. The first-order valence-electron chi connectivity index (χ1n) is 12.7. The van der Waals surface area contributed by atoms with E-state index in [9.17, 15) is 26.3 Å². The van der Waals surface area contributed by atoms with E-state index in [0.29, 0.717) is 44.2 Å². The van der Waals surface area contributed by atoms with E-state index in [-0.39, 0.29) is 24.2 Å². The van der Waals surface area contributed by atoms with Crippen molar-refractivity contribution in [1.82, 2.24) is 10.2 Å². The highest BCUT2D eigenvalue weighted by atomic mass is 19.4. The number of halogens is 6. The van der Waals surface area contributed by atoms with Crippen molar-refractivity contribution in [3.05, 3.63) is 89.0 Å². The molecule has 1 heterocycles. The Labute approximate surface area is 229 Å². The summed E-state index contributed by atoms with van der Waals surface area (Å²) in [6, 6.07) is 16.9. The van der Waals surface area contributed by atoms with E-state index in [2.05, 4.69) is 15.1 Å². The lowest BCUT2D eigenvalue weighted by Crippen LogP contribution is -2.49. The molecule has 40 heavy (non-hydrogen) atoms. The van der Waals surface area contributed by atoms with Crippen molar-refractivity contribution in [1.29, 1.82) is 0 Å². The maximum absolute atomic E-state index is 13.3. The molecule has 0 radical (unpaired) electrons. The molecule has 1 fully saturated rings. The Balaban J connectivity index is 1.47. The number of hydrogen-bond acceptors (Lipinski definition) is 5. The molecule has 3 aromatic carbocycles. The fourth-order valence-electron chi connectivity index (χ4n) is 4.87. The van der Waals surface area contributed by atoms with Gasteiger partial charge in [0.05, 0.1) is 25.3 Å². The number of rotatable bonds is 9. The lowest BCUT2D eigenvalue weighted by molar-refractivity contribution is -0.143. The van der Waals surface area contributed by atoms with Gasteiger partial charge in [-0.1, -0.05) is 30.3 Å². The van der Waals surface area contributed by atoms with Gasteiger partial charge in [-0.2, -0.15) is 26.3 Å². The van der Waals surface area contributed by atoms with Crippen LogP contribution in [0.4, 0.5) is 32.0 Å². The summed E-state index contributed by atoms with van der Waals surface area (Å²) >= 11 is 0. The van der Waals surface area contributed by atoms with Crippen molar-refractivity contribution >= 4 is 5.69 Å². The summed E-state index contributed by atoms with van der Waals surface area (Å²) in [7, 11) is 3.19. The average molecular weight is 568 g/mol. The van der Waals surface area contributed by atoms with Crippen LogP contribution in [0.25, 0.3) is 0 Å². The highest BCUT2D eigenvalue weighted by Crippen LogP contribution is 2.36. The molecule has 0 amide bonds. The van der Waals surface area contributed by atoms with Crippen molar-refractivity contribution in [3.8, 4) is 11.5 Å². The third kappa shape index (κ3) is 7.39. The van der Waals surface area contributed by atoms with E-state index in [1.807, 2.05) is 42.5 Å². The van der Waals surface area contributed by atoms with E-state index in [1.54, 1.807) is 20.3 Å². The predicted octanol–water partition coefficient (Wildman–Crippen LogP) is 6.39. The molecule has 0 bridgehead atoms. The largest absolute Gasteiger partial charge is 0.497 e. The van der Waals surface area contributed by atoms with Crippen molar-refractivity contribution < 1.29 is 35.8 Å². The Morgan fingerprint density at radius 3 is 1.80 bits per heavy atom.